The third kappa shape index (κ3) is 2.24. The van der Waals surface area contributed by atoms with Crippen molar-refractivity contribution in [3.8, 4) is 0 Å². The maximum atomic E-state index is 4.44. The molecule has 0 bridgehead atoms. The molecular formula is C14H15N. The SMILES string of the molecule is C=CCCCc1nccc2ccccc12. The molecule has 2 rings (SSSR count). The van der Waals surface area contributed by atoms with Crippen molar-refractivity contribution in [2.45, 2.75) is 19.3 Å². The summed E-state index contributed by atoms with van der Waals surface area (Å²) in [7, 11) is 0. The fourth-order valence-electron chi connectivity index (χ4n) is 1.80. The minimum Gasteiger partial charge on any atom is -0.261 e. The second kappa shape index (κ2) is 4.74. The van der Waals surface area contributed by atoms with Crippen LogP contribution < -0.4 is 0 Å². The van der Waals surface area contributed by atoms with Crippen molar-refractivity contribution in [3.63, 3.8) is 0 Å². The van der Waals surface area contributed by atoms with Gasteiger partial charge in [0.25, 0.3) is 0 Å². The van der Waals surface area contributed by atoms with E-state index in [0.717, 1.165) is 19.3 Å². The molecule has 1 heteroatoms. The average Bonchev–Trinajstić information content (AvgIpc) is 2.30. The van der Waals surface area contributed by atoms with Gasteiger partial charge in [-0.1, -0.05) is 30.3 Å². The summed E-state index contributed by atoms with van der Waals surface area (Å²) in [5, 5.41) is 2.56. The van der Waals surface area contributed by atoms with E-state index >= 15 is 0 Å². The Morgan fingerprint density at radius 1 is 1.20 bits per heavy atom. The van der Waals surface area contributed by atoms with Gasteiger partial charge in [-0.15, -0.1) is 6.58 Å². The number of unbranched alkanes of at least 4 members (excludes halogenated alkanes) is 1. The van der Waals surface area contributed by atoms with Gasteiger partial charge in [0.1, 0.15) is 0 Å². The Morgan fingerprint density at radius 3 is 2.93 bits per heavy atom. The molecule has 15 heavy (non-hydrogen) atoms. The number of rotatable bonds is 4. The zero-order valence-corrected chi connectivity index (χ0v) is 8.82. The van der Waals surface area contributed by atoms with E-state index in [2.05, 4.69) is 41.9 Å². The number of aryl methyl sites for hydroxylation is 1. The Hall–Kier alpha value is -1.63. The second-order valence-corrected chi connectivity index (χ2v) is 3.66. The first kappa shape index (κ1) is 9.91. The fraction of sp³-hybridized carbons (Fsp3) is 0.214. The summed E-state index contributed by atoms with van der Waals surface area (Å²) < 4.78 is 0. The lowest BCUT2D eigenvalue weighted by atomic mass is 10.1. The predicted molar refractivity (Wildman–Crippen MR) is 64.9 cm³/mol. The Labute approximate surface area is 90.5 Å². The summed E-state index contributed by atoms with van der Waals surface area (Å²) in [6.07, 6.45) is 7.08. The second-order valence-electron chi connectivity index (χ2n) is 3.66. The van der Waals surface area contributed by atoms with E-state index in [1.165, 1.54) is 16.5 Å². The van der Waals surface area contributed by atoms with Crippen molar-refractivity contribution < 1.29 is 0 Å². The summed E-state index contributed by atoms with van der Waals surface area (Å²) in [5.74, 6) is 0. The molecule has 0 spiro atoms. The first-order valence-electron chi connectivity index (χ1n) is 5.35. The molecule has 1 aromatic carbocycles. The summed E-state index contributed by atoms with van der Waals surface area (Å²) in [5.41, 5.74) is 1.20. The Morgan fingerprint density at radius 2 is 2.07 bits per heavy atom. The van der Waals surface area contributed by atoms with Gasteiger partial charge < -0.3 is 0 Å². The van der Waals surface area contributed by atoms with Crippen molar-refractivity contribution >= 4 is 10.8 Å². The van der Waals surface area contributed by atoms with Crippen LogP contribution in [-0.4, -0.2) is 4.98 Å². The molecular weight excluding hydrogens is 182 g/mol. The molecule has 0 unspecified atom stereocenters. The van der Waals surface area contributed by atoms with Crippen LogP contribution in [0.15, 0.2) is 49.2 Å². The molecule has 1 aromatic heterocycles. The summed E-state index contributed by atoms with van der Waals surface area (Å²) >= 11 is 0. The highest BCUT2D eigenvalue weighted by Crippen LogP contribution is 2.17. The maximum absolute atomic E-state index is 4.44. The molecule has 0 aliphatic carbocycles. The molecule has 1 nitrogen and oxygen atoms in total. The molecule has 0 fully saturated rings. The van der Waals surface area contributed by atoms with Crippen LogP contribution in [0.3, 0.4) is 0 Å². The third-order valence-electron chi connectivity index (χ3n) is 2.58. The number of hydrogen-bond donors (Lipinski definition) is 0. The molecule has 0 amide bonds. The molecule has 0 N–H and O–H groups in total. The van der Waals surface area contributed by atoms with E-state index in [9.17, 15) is 0 Å². The number of benzene rings is 1. The predicted octanol–water partition coefficient (Wildman–Crippen LogP) is 3.74. The molecule has 0 saturated heterocycles. The van der Waals surface area contributed by atoms with E-state index in [4.69, 9.17) is 0 Å². The first-order chi connectivity index (χ1) is 7.42. The van der Waals surface area contributed by atoms with Gasteiger partial charge in [-0.05, 0) is 30.7 Å². The molecule has 0 aliphatic heterocycles. The zero-order chi connectivity index (χ0) is 10.5. The number of fused-ring (bicyclic) bond motifs is 1. The maximum Gasteiger partial charge on any atom is 0.0481 e. The van der Waals surface area contributed by atoms with Gasteiger partial charge >= 0.3 is 0 Å². The molecule has 0 radical (unpaired) electrons. The van der Waals surface area contributed by atoms with Crippen LogP contribution in [0.1, 0.15) is 18.5 Å². The van der Waals surface area contributed by atoms with Crippen LogP contribution in [0.2, 0.25) is 0 Å². The number of allylic oxidation sites excluding steroid dienone is 1. The lowest BCUT2D eigenvalue weighted by Crippen LogP contribution is -1.91. The van der Waals surface area contributed by atoms with Crippen LogP contribution >= 0.6 is 0 Å². The number of aromatic nitrogens is 1. The van der Waals surface area contributed by atoms with Gasteiger partial charge in [-0.3, -0.25) is 4.98 Å². The van der Waals surface area contributed by atoms with E-state index in [-0.39, 0.29) is 0 Å². The van der Waals surface area contributed by atoms with Crippen molar-refractivity contribution in [2.24, 2.45) is 0 Å². The van der Waals surface area contributed by atoms with Gasteiger partial charge in [-0.2, -0.15) is 0 Å². The monoisotopic (exact) mass is 197 g/mol. The van der Waals surface area contributed by atoms with Crippen molar-refractivity contribution in [1.29, 1.82) is 0 Å². The van der Waals surface area contributed by atoms with Crippen molar-refractivity contribution in [3.05, 3.63) is 54.9 Å². The lowest BCUT2D eigenvalue weighted by Gasteiger charge is -2.04. The van der Waals surface area contributed by atoms with Crippen LogP contribution in [0.25, 0.3) is 10.8 Å². The fourth-order valence-corrected chi connectivity index (χ4v) is 1.80. The number of pyridine rings is 1. The topological polar surface area (TPSA) is 12.9 Å². The quantitative estimate of drug-likeness (QED) is 0.537. The largest absolute Gasteiger partial charge is 0.261 e. The van der Waals surface area contributed by atoms with E-state index in [0.29, 0.717) is 0 Å². The Kier molecular flexibility index (Phi) is 3.13. The van der Waals surface area contributed by atoms with Gasteiger partial charge in [0, 0.05) is 17.3 Å². The molecule has 1 heterocycles. The van der Waals surface area contributed by atoms with E-state index in [1.54, 1.807) is 0 Å². The van der Waals surface area contributed by atoms with Crippen LogP contribution in [-0.2, 0) is 6.42 Å². The number of hydrogen-bond acceptors (Lipinski definition) is 1. The molecule has 0 aliphatic rings. The summed E-state index contributed by atoms with van der Waals surface area (Å²) in [4.78, 5) is 4.44. The first-order valence-corrected chi connectivity index (χ1v) is 5.35. The van der Waals surface area contributed by atoms with E-state index in [1.807, 2.05) is 12.3 Å². The standard InChI is InChI=1S/C14H15N/c1-2-3-4-9-14-13-8-6-5-7-12(13)10-11-15-14/h2,5-8,10-11H,1,3-4,9H2. The highest BCUT2D eigenvalue weighted by Gasteiger charge is 2.00. The highest BCUT2D eigenvalue weighted by molar-refractivity contribution is 5.84. The summed E-state index contributed by atoms with van der Waals surface area (Å²) in [6, 6.07) is 10.5. The Bertz CT molecular complexity index is 454. The smallest absolute Gasteiger partial charge is 0.0481 e. The van der Waals surface area contributed by atoms with Crippen molar-refractivity contribution in [1.82, 2.24) is 4.98 Å². The minimum absolute atomic E-state index is 1.04. The zero-order valence-electron chi connectivity index (χ0n) is 8.82. The number of nitrogens with zero attached hydrogens (tertiary/aromatic N) is 1. The normalized spacial score (nSPS) is 10.4. The van der Waals surface area contributed by atoms with Crippen LogP contribution in [0.5, 0.6) is 0 Å². The summed E-state index contributed by atoms with van der Waals surface area (Å²) in [6.45, 7) is 3.73. The van der Waals surface area contributed by atoms with Crippen LogP contribution in [0, 0.1) is 0 Å². The lowest BCUT2D eigenvalue weighted by molar-refractivity contribution is 0.826. The molecule has 2 aromatic rings. The third-order valence-corrected chi connectivity index (χ3v) is 2.58. The molecule has 0 saturated carbocycles. The average molecular weight is 197 g/mol. The molecule has 76 valence electrons. The Balaban J connectivity index is 2.30. The highest BCUT2D eigenvalue weighted by atomic mass is 14.7. The van der Waals surface area contributed by atoms with Gasteiger partial charge in [-0.25, -0.2) is 0 Å². The van der Waals surface area contributed by atoms with Gasteiger partial charge in [0.2, 0.25) is 0 Å². The van der Waals surface area contributed by atoms with Crippen LogP contribution in [0.4, 0.5) is 0 Å². The van der Waals surface area contributed by atoms with Crippen molar-refractivity contribution in [2.75, 3.05) is 0 Å². The van der Waals surface area contributed by atoms with Gasteiger partial charge in [0.05, 0.1) is 0 Å². The van der Waals surface area contributed by atoms with Gasteiger partial charge in [0.15, 0.2) is 0 Å². The van der Waals surface area contributed by atoms with E-state index < -0.39 is 0 Å². The minimum atomic E-state index is 1.04. The molecule has 0 atom stereocenters.